The van der Waals surface area contributed by atoms with E-state index in [0.717, 1.165) is 15.9 Å². The zero-order valence-electron chi connectivity index (χ0n) is 24.4. The van der Waals surface area contributed by atoms with Gasteiger partial charge in [0.05, 0.1) is 50.5 Å². The first-order valence-electron chi connectivity index (χ1n) is 13.5. The number of anilines is 1. The number of hydrogen-bond acceptors (Lipinski definition) is 11. The molecule has 0 saturated heterocycles. The number of para-hydroxylation sites is 1. The molecule has 228 valence electrons. The van der Waals surface area contributed by atoms with E-state index in [2.05, 4.69) is 25.8 Å². The standard InChI is InChI=1S/C30H30N6O6S2/c1-5-42-20-12-10-19(11-13-20)36-25(16-31-28(38)18-14-22(39-2)27(41-4)23(15-18)40-3)34-35-30(36)43-17-26(37)33-29-32-21-8-6-7-9-24(21)44-29/h6-15H,5,16-17H2,1-4H3,(H,31,38)(H,32,33,37). The number of carbonyl (C=O) groups excluding carboxylic acids is 2. The largest absolute Gasteiger partial charge is 0.494 e. The zero-order chi connectivity index (χ0) is 31.1. The minimum Gasteiger partial charge on any atom is -0.494 e. The highest BCUT2D eigenvalue weighted by molar-refractivity contribution is 7.99. The van der Waals surface area contributed by atoms with Crippen LogP contribution in [0.3, 0.4) is 0 Å². The topological polar surface area (TPSA) is 139 Å². The number of carbonyl (C=O) groups is 2. The molecule has 0 saturated carbocycles. The number of rotatable bonds is 13. The molecule has 5 rings (SSSR count). The van der Waals surface area contributed by atoms with Crippen LogP contribution in [0.25, 0.3) is 15.9 Å². The van der Waals surface area contributed by atoms with Crippen molar-refractivity contribution in [3.8, 4) is 28.7 Å². The number of amides is 2. The highest BCUT2D eigenvalue weighted by atomic mass is 32.2. The van der Waals surface area contributed by atoms with Crippen LogP contribution >= 0.6 is 23.1 Å². The normalized spacial score (nSPS) is 10.8. The monoisotopic (exact) mass is 634 g/mol. The van der Waals surface area contributed by atoms with Crippen molar-refractivity contribution in [1.82, 2.24) is 25.1 Å². The summed E-state index contributed by atoms with van der Waals surface area (Å²) in [4.78, 5) is 30.5. The Kier molecular flexibility index (Phi) is 9.82. The second kappa shape index (κ2) is 14.1. The van der Waals surface area contributed by atoms with Crippen molar-refractivity contribution >= 4 is 50.3 Å². The first-order valence-corrected chi connectivity index (χ1v) is 15.3. The third-order valence-electron chi connectivity index (χ3n) is 6.31. The SMILES string of the molecule is CCOc1ccc(-n2c(CNC(=O)c3cc(OC)c(OC)c(OC)c3)nnc2SCC(=O)Nc2nc3ccccc3s2)cc1. The number of thioether (sulfide) groups is 1. The zero-order valence-corrected chi connectivity index (χ0v) is 26.1. The summed E-state index contributed by atoms with van der Waals surface area (Å²) in [6.45, 7) is 2.50. The van der Waals surface area contributed by atoms with Gasteiger partial charge in [-0.2, -0.15) is 0 Å². The van der Waals surface area contributed by atoms with Crippen molar-refractivity contribution < 1.29 is 28.5 Å². The number of nitrogens with one attached hydrogen (secondary N) is 2. The lowest BCUT2D eigenvalue weighted by Crippen LogP contribution is -2.25. The second-order valence-electron chi connectivity index (χ2n) is 9.08. The minimum absolute atomic E-state index is 0.0498. The summed E-state index contributed by atoms with van der Waals surface area (Å²) < 4.78 is 24.5. The molecule has 0 unspecified atom stereocenters. The average Bonchev–Trinajstić information content (AvgIpc) is 3.65. The molecule has 14 heteroatoms. The number of benzene rings is 3. The van der Waals surface area contributed by atoms with E-state index in [1.807, 2.05) is 55.5 Å². The van der Waals surface area contributed by atoms with Gasteiger partial charge in [-0.3, -0.25) is 14.2 Å². The molecule has 0 aliphatic rings. The van der Waals surface area contributed by atoms with Gasteiger partial charge in [-0.25, -0.2) is 4.98 Å². The number of methoxy groups -OCH3 is 3. The summed E-state index contributed by atoms with van der Waals surface area (Å²) in [5, 5.41) is 15.4. The summed E-state index contributed by atoms with van der Waals surface area (Å²) >= 11 is 2.63. The van der Waals surface area contributed by atoms with Crippen LogP contribution in [0.4, 0.5) is 5.13 Å². The fraction of sp³-hybridized carbons (Fsp3) is 0.233. The summed E-state index contributed by atoms with van der Waals surface area (Å²) in [5.74, 6) is 1.74. The fourth-order valence-corrected chi connectivity index (χ4v) is 5.96. The smallest absolute Gasteiger partial charge is 0.251 e. The number of ether oxygens (including phenoxy) is 4. The number of thiazole rings is 1. The first kappa shape index (κ1) is 30.6. The quantitative estimate of drug-likeness (QED) is 0.171. The fourth-order valence-electron chi connectivity index (χ4n) is 4.31. The van der Waals surface area contributed by atoms with Gasteiger partial charge in [0.2, 0.25) is 11.7 Å². The van der Waals surface area contributed by atoms with Gasteiger partial charge in [0.15, 0.2) is 27.6 Å². The lowest BCUT2D eigenvalue weighted by molar-refractivity contribution is -0.113. The third kappa shape index (κ3) is 6.87. The molecule has 44 heavy (non-hydrogen) atoms. The molecule has 0 spiro atoms. The molecule has 0 radical (unpaired) electrons. The van der Waals surface area contributed by atoms with E-state index in [1.165, 1.54) is 44.4 Å². The van der Waals surface area contributed by atoms with Gasteiger partial charge in [-0.05, 0) is 55.5 Å². The van der Waals surface area contributed by atoms with Gasteiger partial charge >= 0.3 is 0 Å². The third-order valence-corrected chi connectivity index (χ3v) is 8.19. The molecule has 0 aliphatic heterocycles. The van der Waals surface area contributed by atoms with Crippen LogP contribution in [0.5, 0.6) is 23.0 Å². The van der Waals surface area contributed by atoms with Crippen LogP contribution in [0.2, 0.25) is 0 Å². The summed E-state index contributed by atoms with van der Waals surface area (Å²) in [6, 6.07) is 18.2. The highest BCUT2D eigenvalue weighted by Crippen LogP contribution is 2.38. The van der Waals surface area contributed by atoms with Crippen LogP contribution in [0, 0.1) is 0 Å². The molecule has 0 aliphatic carbocycles. The van der Waals surface area contributed by atoms with E-state index >= 15 is 0 Å². The van der Waals surface area contributed by atoms with E-state index in [9.17, 15) is 9.59 Å². The Morgan fingerprint density at radius 3 is 2.34 bits per heavy atom. The Bertz CT molecular complexity index is 1710. The maximum atomic E-state index is 13.2. The highest BCUT2D eigenvalue weighted by Gasteiger charge is 2.20. The van der Waals surface area contributed by atoms with E-state index in [4.69, 9.17) is 18.9 Å². The molecule has 2 N–H and O–H groups in total. The average molecular weight is 635 g/mol. The van der Waals surface area contributed by atoms with E-state index in [0.29, 0.717) is 51.3 Å². The molecule has 2 aromatic heterocycles. The van der Waals surface area contributed by atoms with Gasteiger partial charge in [0.25, 0.3) is 5.91 Å². The maximum Gasteiger partial charge on any atom is 0.251 e. The lowest BCUT2D eigenvalue weighted by Gasteiger charge is -2.14. The summed E-state index contributed by atoms with van der Waals surface area (Å²) in [6.07, 6.45) is 0. The molecule has 0 atom stereocenters. The number of aromatic nitrogens is 4. The van der Waals surface area contributed by atoms with Crippen molar-refractivity contribution in [2.75, 3.05) is 39.0 Å². The minimum atomic E-state index is -0.380. The molecule has 2 heterocycles. The molecule has 2 amide bonds. The number of hydrogen-bond donors (Lipinski definition) is 2. The van der Waals surface area contributed by atoms with Crippen LogP contribution < -0.4 is 29.6 Å². The molecule has 12 nitrogen and oxygen atoms in total. The maximum absolute atomic E-state index is 13.2. The Morgan fingerprint density at radius 1 is 0.955 bits per heavy atom. The van der Waals surface area contributed by atoms with Crippen LogP contribution in [-0.4, -0.2) is 65.3 Å². The molecule has 0 fully saturated rings. The van der Waals surface area contributed by atoms with E-state index in [-0.39, 0.29) is 24.1 Å². The predicted molar refractivity (Wildman–Crippen MR) is 169 cm³/mol. The van der Waals surface area contributed by atoms with Crippen LogP contribution in [0.1, 0.15) is 23.1 Å². The Balaban J connectivity index is 1.34. The predicted octanol–water partition coefficient (Wildman–Crippen LogP) is 4.96. The second-order valence-corrected chi connectivity index (χ2v) is 11.1. The lowest BCUT2D eigenvalue weighted by atomic mass is 10.1. The Hall–Kier alpha value is -4.82. The Labute approximate surface area is 261 Å². The number of nitrogens with zero attached hydrogens (tertiary/aromatic N) is 4. The van der Waals surface area contributed by atoms with Crippen molar-refractivity contribution in [3.63, 3.8) is 0 Å². The molecule has 0 bridgehead atoms. The molecular weight excluding hydrogens is 605 g/mol. The van der Waals surface area contributed by atoms with Gasteiger partial charge in [0, 0.05) is 11.3 Å². The molecule has 5 aromatic rings. The van der Waals surface area contributed by atoms with Crippen LogP contribution in [-0.2, 0) is 11.3 Å². The first-order chi connectivity index (χ1) is 21.4. The summed E-state index contributed by atoms with van der Waals surface area (Å²) in [7, 11) is 4.46. The van der Waals surface area contributed by atoms with Gasteiger partial charge in [-0.1, -0.05) is 35.2 Å². The summed E-state index contributed by atoms with van der Waals surface area (Å²) in [5.41, 5.74) is 1.88. The van der Waals surface area contributed by atoms with Gasteiger partial charge < -0.3 is 29.6 Å². The van der Waals surface area contributed by atoms with Gasteiger partial charge in [0.1, 0.15) is 5.75 Å². The molecular formula is C30H30N6O6S2. The van der Waals surface area contributed by atoms with Crippen molar-refractivity contribution in [2.24, 2.45) is 0 Å². The van der Waals surface area contributed by atoms with Crippen molar-refractivity contribution in [2.45, 2.75) is 18.6 Å². The van der Waals surface area contributed by atoms with Crippen molar-refractivity contribution in [1.29, 1.82) is 0 Å². The van der Waals surface area contributed by atoms with Crippen molar-refractivity contribution in [3.05, 3.63) is 72.1 Å². The van der Waals surface area contributed by atoms with E-state index in [1.54, 1.807) is 16.7 Å². The van der Waals surface area contributed by atoms with Gasteiger partial charge in [-0.15, -0.1) is 10.2 Å². The van der Waals surface area contributed by atoms with E-state index < -0.39 is 0 Å². The number of fused-ring (bicyclic) bond motifs is 1. The van der Waals surface area contributed by atoms with Crippen LogP contribution in [0.15, 0.2) is 65.8 Å². The Morgan fingerprint density at radius 2 is 1.68 bits per heavy atom. The molecule has 3 aromatic carbocycles.